The van der Waals surface area contributed by atoms with E-state index in [4.69, 9.17) is 28.9 Å². The first kappa shape index (κ1) is 13.7. The summed E-state index contributed by atoms with van der Waals surface area (Å²) < 4.78 is 0. The van der Waals surface area contributed by atoms with Gasteiger partial charge in [0.2, 0.25) is 5.91 Å². The van der Waals surface area contributed by atoms with Crippen molar-refractivity contribution in [1.82, 2.24) is 0 Å². The van der Waals surface area contributed by atoms with Gasteiger partial charge < -0.3 is 11.1 Å². The Balaban J connectivity index is 2.08. The fraction of sp³-hybridized carbons (Fsp3) is 0.462. The molecule has 1 amide bonds. The molecule has 1 aromatic carbocycles. The van der Waals surface area contributed by atoms with Gasteiger partial charge in [-0.1, -0.05) is 36.0 Å². The van der Waals surface area contributed by atoms with Crippen LogP contribution in [0.15, 0.2) is 18.2 Å². The lowest BCUT2D eigenvalue weighted by Gasteiger charge is -2.27. The van der Waals surface area contributed by atoms with Crippen molar-refractivity contribution in [3.8, 4) is 0 Å². The molecule has 0 aromatic heterocycles. The first-order valence-electron chi connectivity index (χ1n) is 6.09. The van der Waals surface area contributed by atoms with Crippen LogP contribution in [0.25, 0.3) is 0 Å². The van der Waals surface area contributed by atoms with Crippen LogP contribution in [0.2, 0.25) is 10.0 Å². The minimum atomic E-state index is -0.131. The lowest BCUT2D eigenvalue weighted by Crippen LogP contribution is -2.40. The summed E-state index contributed by atoms with van der Waals surface area (Å²) in [5, 5.41) is 3.84. The maximum absolute atomic E-state index is 12.1. The fourth-order valence-electron chi connectivity index (χ4n) is 2.30. The zero-order valence-electron chi connectivity index (χ0n) is 9.96. The first-order valence-corrected chi connectivity index (χ1v) is 6.85. The Hall–Kier alpha value is -0.770. The third-order valence-corrected chi connectivity index (χ3v) is 3.91. The van der Waals surface area contributed by atoms with Crippen molar-refractivity contribution in [2.45, 2.75) is 31.7 Å². The average Bonchev–Trinajstić information content (AvgIpc) is 2.34. The van der Waals surface area contributed by atoms with Crippen LogP contribution in [0.4, 0.5) is 5.69 Å². The number of carbonyl (C=O) groups is 1. The number of nitrogens with one attached hydrogen (secondary N) is 1. The molecule has 0 aliphatic heterocycles. The fourth-order valence-corrected chi connectivity index (χ4v) is 2.64. The van der Waals surface area contributed by atoms with E-state index < -0.39 is 0 Å². The van der Waals surface area contributed by atoms with Crippen molar-refractivity contribution in [1.29, 1.82) is 0 Å². The number of hydrogen-bond acceptors (Lipinski definition) is 2. The summed E-state index contributed by atoms with van der Waals surface area (Å²) in [5.74, 6) is -0.194. The Morgan fingerprint density at radius 3 is 2.72 bits per heavy atom. The summed E-state index contributed by atoms with van der Waals surface area (Å²) in [7, 11) is 0. The van der Waals surface area contributed by atoms with Crippen LogP contribution in [0.5, 0.6) is 0 Å². The maximum atomic E-state index is 12.1. The quantitative estimate of drug-likeness (QED) is 0.875. The largest absolute Gasteiger partial charge is 0.327 e. The van der Waals surface area contributed by atoms with Gasteiger partial charge in [-0.05, 0) is 31.0 Å². The summed E-state index contributed by atoms with van der Waals surface area (Å²) in [6.45, 7) is 0. The predicted octanol–water partition coefficient (Wildman–Crippen LogP) is 3.45. The van der Waals surface area contributed by atoms with Crippen molar-refractivity contribution in [2.24, 2.45) is 11.7 Å². The van der Waals surface area contributed by atoms with Crippen LogP contribution in [-0.4, -0.2) is 11.9 Å². The highest BCUT2D eigenvalue weighted by atomic mass is 35.5. The molecule has 0 radical (unpaired) electrons. The van der Waals surface area contributed by atoms with E-state index in [1.807, 2.05) is 0 Å². The number of nitrogens with two attached hydrogens (primary N) is 1. The zero-order valence-corrected chi connectivity index (χ0v) is 11.5. The van der Waals surface area contributed by atoms with Gasteiger partial charge in [-0.25, -0.2) is 0 Å². The number of anilines is 1. The normalized spacial score (nSPS) is 23.7. The van der Waals surface area contributed by atoms with E-state index in [1.54, 1.807) is 18.2 Å². The summed E-state index contributed by atoms with van der Waals surface area (Å²) in [5.41, 5.74) is 6.53. The maximum Gasteiger partial charge on any atom is 0.229 e. The highest BCUT2D eigenvalue weighted by molar-refractivity contribution is 6.35. The van der Waals surface area contributed by atoms with Gasteiger partial charge in [-0.15, -0.1) is 0 Å². The van der Waals surface area contributed by atoms with Crippen LogP contribution in [-0.2, 0) is 4.79 Å². The second kappa shape index (κ2) is 5.91. The van der Waals surface area contributed by atoms with Gasteiger partial charge >= 0.3 is 0 Å². The molecule has 1 aromatic rings. The lowest BCUT2D eigenvalue weighted by atomic mass is 9.84. The number of carbonyl (C=O) groups excluding carboxylic acids is 1. The summed E-state index contributed by atoms with van der Waals surface area (Å²) >= 11 is 11.9. The molecule has 0 bridgehead atoms. The molecule has 0 saturated heterocycles. The van der Waals surface area contributed by atoms with E-state index in [9.17, 15) is 4.79 Å². The van der Waals surface area contributed by atoms with Gasteiger partial charge in [0.15, 0.2) is 0 Å². The van der Waals surface area contributed by atoms with Crippen LogP contribution < -0.4 is 11.1 Å². The molecule has 2 rings (SSSR count). The molecule has 5 heteroatoms. The van der Waals surface area contributed by atoms with Crippen molar-refractivity contribution >= 4 is 34.8 Å². The van der Waals surface area contributed by atoms with Gasteiger partial charge in [0, 0.05) is 11.1 Å². The van der Waals surface area contributed by atoms with Gasteiger partial charge in [0.25, 0.3) is 0 Å². The third-order valence-electron chi connectivity index (χ3n) is 3.34. The molecule has 0 spiro atoms. The van der Waals surface area contributed by atoms with Crippen molar-refractivity contribution < 1.29 is 4.79 Å². The van der Waals surface area contributed by atoms with Crippen LogP contribution in [0, 0.1) is 5.92 Å². The molecule has 0 heterocycles. The molecule has 18 heavy (non-hydrogen) atoms. The van der Waals surface area contributed by atoms with Crippen LogP contribution in [0.1, 0.15) is 25.7 Å². The third kappa shape index (κ3) is 3.16. The number of benzene rings is 1. The SMILES string of the molecule is NC1CCCCC1C(=O)Nc1cc(Cl)ccc1Cl. The Morgan fingerprint density at radius 2 is 2.00 bits per heavy atom. The smallest absolute Gasteiger partial charge is 0.229 e. The minimum Gasteiger partial charge on any atom is -0.327 e. The lowest BCUT2D eigenvalue weighted by molar-refractivity contribution is -0.121. The molecule has 1 saturated carbocycles. The van der Waals surface area contributed by atoms with E-state index in [0.717, 1.165) is 25.7 Å². The second-order valence-corrected chi connectivity index (χ2v) is 5.51. The Kier molecular flexibility index (Phi) is 4.49. The zero-order chi connectivity index (χ0) is 13.1. The Bertz CT molecular complexity index is 451. The van der Waals surface area contributed by atoms with E-state index in [2.05, 4.69) is 5.32 Å². The molecule has 98 valence electrons. The molecule has 1 aliphatic carbocycles. The molecular weight excluding hydrogens is 271 g/mol. The first-order chi connectivity index (χ1) is 8.58. The Morgan fingerprint density at radius 1 is 1.28 bits per heavy atom. The topological polar surface area (TPSA) is 55.1 Å². The van der Waals surface area contributed by atoms with Gasteiger partial charge in [0.05, 0.1) is 16.6 Å². The highest BCUT2D eigenvalue weighted by Crippen LogP contribution is 2.28. The van der Waals surface area contributed by atoms with E-state index >= 15 is 0 Å². The van der Waals surface area contributed by atoms with E-state index in [0.29, 0.717) is 15.7 Å². The molecular formula is C13H16Cl2N2O. The summed E-state index contributed by atoms with van der Waals surface area (Å²) in [6.07, 6.45) is 3.89. The van der Waals surface area contributed by atoms with E-state index in [-0.39, 0.29) is 17.9 Å². The standard InChI is InChI=1S/C13H16Cl2N2O/c14-8-5-6-10(15)12(7-8)17-13(18)9-3-1-2-4-11(9)16/h5-7,9,11H,1-4,16H2,(H,17,18). The molecule has 2 atom stereocenters. The average molecular weight is 287 g/mol. The number of halogens is 2. The van der Waals surface area contributed by atoms with Crippen molar-refractivity contribution in [2.75, 3.05) is 5.32 Å². The predicted molar refractivity (Wildman–Crippen MR) is 75.0 cm³/mol. The molecule has 3 N–H and O–H groups in total. The second-order valence-electron chi connectivity index (χ2n) is 4.67. The van der Waals surface area contributed by atoms with Gasteiger partial charge in [0.1, 0.15) is 0 Å². The summed E-state index contributed by atoms with van der Waals surface area (Å²) in [4.78, 5) is 12.1. The minimum absolute atomic E-state index is 0.0586. The summed E-state index contributed by atoms with van der Waals surface area (Å²) in [6, 6.07) is 4.94. The van der Waals surface area contributed by atoms with Crippen molar-refractivity contribution in [3.63, 3.8) is 0 Å². The van der Waals surface area contributed by atoms with Crippen LogP contribution in [0.3, 0.4) is 0 Å². The van der Waals surface area contributed by atoms with Gasteiger partial charge in [-0.3, -0.25) is 4.79 Å². The number of rotatable bonds is 2. The molecule has 1 aliphatic rings. The molecule has 2 unspecified atom stereocenters. The Labute approximate surface area is 117 Å². The number of amides is 1. The monoisotopic (exact) mass is 286 g/mol. The van der Waals surface area contributed by atoms with Crippen LogP contribution >= 0.6 is 23.2 Å². The van der Waals surface area contributed by atoms with Crippen molar-refractivity contribution in [3.05, 3.63) is 28.2 Å². The molecule has 1 fully saturated rings. The van der Waals surface area contributed by atoms with Gasteiger partial charge in [-0.2, -0.15) is 0 Å². The highest BCUT2D eigenvalue weighted by Gasteiger charge is 2.28. The molecule has 3 nitrogen and oxygen atoms in total. The van der Waals surface area contributed by atoms with E-state index in [1.165, 1.54) is 0 Å². The number of hydrogen-bond donors (Lipinski definition) is 2.